The summed E-state index contributed by atoms with van der Waals surface area (Å²) in [4.78, 5) is 19.4. The van der Waals surface area contributed by atoms with Gasteiger partial charge < -0.3 is 10.2 Å². The third-order valence-electron chi connectivity index (χ3n) is 5.78. The molecule has 1 atom stereocenters. The molecular weight excluding hydrogens is 274 g/mol. The van der Waals surface area contributed by atoms with Crippen LogP contribution >= 0.6 is 0 Å². The van der Waals surface area contributed by atoms with E-state index in [1.807, 2.05) is 12.1 Å². The van der Waals surface area contributed by atoms with Crippen LogP contribution in [0.4, 0.5) is 5.82 Å². The molecule has 2 aliphatic carbocycles. The van der Waals surface area contributed by atoms with Crippen LogP contribution in [-0.4, -0.2) is 30.0 Å². The van der Waals surface area contributed by atoms with Gasteiger partial charge in [0.2, 0.25) is 0 Å². The van der Waals surface area contributed by atoms with Gasteiger partial charge in [-0.15, -0.1) is 0 Å². The van der Waals surface area contributed by atoms with E-state index in [-0.39, 0.29) is 5.91 Å². The lowest BCUT2D eigenvalue weighted by atomic mass is 9.86. The summed E-state index contributed by atoms with van der Waals surface area (Å²) in [6.07, 6.45) is 12.0. The molecule has 1 aliphatic heterocycles. The number of carbonyl (C=O) groups excluding carboxylic acids is 1. The van der Waals surface area contributed by atoms with Crippen molar-refractivity contribution in [3.63, 3.8) is 0 Å². The summed E-state index contributed by atoms with van der Waals surface area (Å²) >= 11 is 0. The summed E-state index contributed by atoms with van der Waals surface area (Å²) in [6, 6.07) is 4.19. The fraction of sp³-hybridized carbons (Fsp3) is 0.667. The predicted octanol–water partition coefficient (Wildman–Crippen LogP) is 3.13. The van der Waals surface area contributed by atoms with Crippen LogP contribution in [0.25, 0.3) is 0 Å². The second-order valence-electron chi connectivity index (χ2n) is 7.22. The Balaban J connectivity index is 1.47. The topological polar surface area (TPSA) is 45.2 Å². The second-order valence-corrected chi connectivity index (χ2v) is 7.22. The lowest BCUT2D eigenvalue weighted by molar-refractivity contribution is 0.0942. The molecule has 4 heteroatoms. The molecule has 0 bridgehead atoms. The van der Waals surface area contributed by atoms with E-state index in [0.717, 1.165) is 24.5 Å². The first-order chi connectivity index (χ1) is 10.8. The van der Waals surface area contributed by atoms with Gasteiger partial charge >= 0.3 is 0 Å². The second kappa shape index (κ2) is 5.56. The number of hydrogen-bond donors (Lipinski definition) is 1. The number of aromatic nitrogens is 1. The first-order valence-electron chi connectivity index (χ1n) is 8.79. The summed E-state index contributed by atoms with van der Waals surface area (Å²) < 4.78 is 0. The van der Waals surface area contributed by atoms with E-state index in [9.17, 15) is 4.79 Å². The van der Waals surface area contributed by atoms with Gasteiger partial charge in [-0.05, 0) is 49.7 Å². The van der Waals surface area contributed by atoms with Crippen LogP contribution in [0.2, 0.25) is 0 Å². The lowest BCUT2D eigenvalue weighted by Crippen LogP contribution is -2.32. The van der Waals surface area contributed by atoms with Gasteiger partial charge in [0.1, 0.15) is 5.82 Å². The summed E-state index contributed by atoms with van der Waals surface area (Å²) in [7, 11) is 0. The average molecular weight is 299 g/mol. The molecule has 1 aromatic rings. The molecule has 1 unspecified atom stereocenters. The molecule has 0 radical (unpaired) electrons. The Kier molecular flexibility index (Phi) is 3.55. The Labute approximate surface area is 132 Å². The molecule has 1 amide bonds. The maximum Gasteiger partial charge on any atom is 0.255 e. The van der Waals surface area contributed by atoms with Crippen molar-refractivity contribution in [2.75, 3.05) is 18.0 Å². The van der Waals surface area contributed by atoms with E-state index >= 15 is 0 Å². The third-order valence-corrected chi connectivity index (χ3v) is 5.78. The number of amides is 1. The summed E-state index contributed by atoms with van der Waals surface area (Å²) in [6.45, 7) is 2.04. The summed E-state index contributed by atoms with van der Waals surface area (Å²) in [5.41, 5.74) is 1.19. The zero-order valence-electron chi connectivity index (χ0n) is 13.2. The van der Waals surface area contributed by atoms with Crippen LogP contribution < -0.4 is 10.2 Å². The fourth-order valence-electron chi connectivity index (χ4n) is 4.35. The van der Waals surface area contributed by atoms with E-state index in [1.165, 1.54) is 51.4 Å². The number of hydrogen-bond acceptors (Lipinski definition) is 3. The Morgan fingerprint density at radius 2 is 1.95 bits per heavy atom. The highest BCUT2D eigenvalue weighted by atomic mass is 16.1. The minimum Gasteiger partial charge on any atom is -0.356 e. The van der Waals surface area contributed by atoms with Crippen LogP contribution in [0.1, 0.15) is 61.7 Å². The zero-order chi connectivity index (χ0) is 15.0. The van der Waals surface area contributed by atoms with Crippen molar-refractivity contribution in [2.24, 2.45) is 5.41 Å². The predicted molar refractivity (Wildman–Crippen MR) is 87.1 cm³/mol. The van der Waals surface area contributed by atoms with Crippen LogP contribution in [0.3, 0.4) is 0 Å². The molecule has 2 saturated carbocycles. The fourth-order valence-corrected chi connectivity index (χ4v) is 4.35. The van der Waals surface area contributed by atoms with Gasteiger partial charge in [0.05, 0.1) is 5.56 Å². The highest BCUT2D eigenvalue weighted by Gasteiger charge is 2.54. The van der Waals surface area contributed by atoms with Crippen molar-refractivity contribution >= 4 is 11.7 Å². The minimum absolute atomic E-state index is 0.0717. The van der Waals surface area contributed by atoms with Crippen molar-refractivity contribution in [1.82, 2.24) is 10.3 Å². The van der Waals surface area contributed by atoms with Crippen LogP contribution in [0, 0.1) is 5.41 Å². The molecule has 4 rings (SSSR count). The number of rotatable bonds is 3. The maximum atomic E-state index is 12.7. The number of anilines is 1. The monoisotopic (exact) mass is 299 g/mol. The average Bonchev–Trinajstić information content (AvgIpc) is 2.99. The van der Waals surface area contributed by atoms with Gasteiger partial charge in [-0.2, -0.15) is 0 Å². The lowest BCUT2D eigenvalue weighted by Gasteiger charge is -2.23. The number of nitrogens with zero attached hydrogens (tertiary/aromatic N) is 2. The molecule has 1 saturated heterocycles. The van der Waals surface area contributed by atoms with Crippen molar-refractivity contribution in [3.8, 4) is 0 Å². The Morgan fingerprint density at radius 1 is 1.18 bits per heavy atom. The smallest absolute Gasteiger partial charge is 0.255 e. The first-order valence-corrected chi connectivity index (χ1v) is 8.79. The van der Waals surface area contributed by atoms with E-state index in [4.69, 9.17) is 0 Å². The molecule has 22 heavy (non-hydrogen) atoms. The van der Waals surface area contributed by atoms with Crippen LogP contribution in [-0.2, 0) is 0 Å². The molecule has 4 nitrogen and oxygen atoms in total. The minimum atomic E-state index is 0.0717. The quantitative estimate of drug-likeness (QED) is 0.932. The highest BCUT2D eigenvalue weighted by molar-refractivity contribution is 5.99. The van der Waals surface area contributed by atoms with E-state index in [2.05, 4.69) is 15.2 Å². The standard InChI is InChI=1S/C18H25N3O/c22-17(20-15-13-18(15)8-2-1-3-9-18)14-7-6-10-19-16(14)21-11-4-5-12-21/h6-7,10,15H,1-5,8-9,11-13H2,(H,20,22). The molecule has 1 aromatic heterocycles. The van der Waals surface area contributed by atoms with E-state index < -0.39 is 0 Å². The van der Waals surface area contributed by atoms with Crippen molar-refractivity contribution < 1.29 is 4.79 Å². The molecule has 0 aromatic carbocycles. The molecule has 3 fully saturated rings. The highest BCUT2D eigenvalue weighted by Crippen LogP contribution is 2.56. The van der Waals surface area contributed by atoms with Crippen molar-refractivity contribution in [1.29, 1.82) is 0 Å². The van der Waals surface area contributed by atoms with Gasteiger partial charge in [-0.3, -0.25) is 4.79 Å². The van der Waals surface area contributed by atoms with E-state index in [1.54, 1.807) is 6.20 Å². The van der Waals surface area contributed by atoms with Crippen LogP contribution in [0.5, 0.6) is 0 Å². The number of nitrogens with one attached hydrogen (secondary N) is 1. The SMILES string of the molecule is O=C(NC1CC12CCCCC2)c1cccnc1N1CCCC1. The van der Waals surface area contributed by atoms with Gasteiger partial charge in [0.25, 0.3) is 5.91 Å². The Bertz CT molecular complexity index is 559. The van der Waals surface area contributed by atoms with Crippen LogP contribution in [0.15, 0.2) is 18.3 Å². The molecule has 3 aliphatic rings. The number of pyridine rings is 1. The van der Waals surface area contributed by atoms with Crippen molar-refractivity contribution in [2.45, 2.75) is 57.4 Å². The molecule has 118 valence electrons. The largest absolute Gasteiger partial charge is 0.356 e. The van der Waals surface area contributed by atoms with Gasteiger partial charge in [0, 0.05) is 25.3 Å². The number of carbonyl (C=O) groups is 1. The van der Waals surface area contributed by atoms with Gasteiger partial charge in [-0.1, -0.05) is 19.3 Å². The van der Waals surface area contributed by atoms with Gasteiger partial charge in [-0.25, -0.2) is 4.98 Å². The normalized spacial score (nSPS) is 26.2. The zero-order valence-corrected chi connectivity index (χ0v) is 13.2. The van der Waals surface area contributed by atoms with E-state index in [0.29, 0.717) is 11.5 Å². The Hall–Kier alpha value is -1.58. The maximum absolute atomic E-state index is 12.7. The van der Waals surface area contributed by atoms with Crippen molar-refractivity contribution in [3.05, 3.63) is 23.9 Å². The molecular formula is C18H25N3O. The summed E-state index contributed by atoms with van der Waals surface area (Å²) in [5, 5.41) is 3.29. The molecule has 1 N–H and O–H groups in total. The molecule has 1 spiro atoms. The molecule has 2 heterocycles. The first kappa shape index (κ1) is 14.0. The summed E-state index contributed by atoms with van der Waals surface area (Å²) in [5.74, 6) is 0.943. The third kappa shape index (κ3) is 2.49. The van der Waals surface area contributed by atoms with Gasteiger partial charge in [0.15, 0.2) is 0 Å². The Morgan fingerprint density at radius 3 is 2.73 bits per heavy atom.